The van der Waals surface area contributed by atoms with E-state index in [1.54, 1.807) is 12.1 Å². The molecule has 0 unspecified atom stereocenters. The molecule has 0 fully saturated rings. The van der Waals surface area contributed by atoms with Gasteiger partial charge in [0.05, 0.1) is 0 Å². The van der Waals surface area contributed by atoms with Crippen molar-refractivity contribution in [1.82, 2.24) is 0 Å². The van der Waals surface area contributed by atoms with Crippen molar-refractivity contribution in [3.8, 4) is 5.75 Å². The molecule has 1 heterocycles. The molecule has 0 aliphatic carbocycles. The van der Waals surface area contributed by atoms with Gasteiger partial charge >= 0.3 is 110 Å². The second-order valence-corrected chi connectivity index (χ2v) is 6.18. The van der Waals surface area contributed by atoms with Gasteiger partial charge in [-0.25, -0.2) is 0 Å². The van der Waals surface area contributed by atoms with Gasteiger partial charge in [0.1, 0.15) is 0 Å². The minimum absolute atomic E-state index is 0.0655. The van der Waals surface area contributed by atoms with Gasteiger partial charge in [0.15, 0.2) is 0 Å². The number of rotatable bonds is 2. The SMILES string of the molecule is O=C(c1ccccc1)c1[se]c2ccccc2c1O. The predicted octanol–water partition coefficient (Wildman–Crippen LogP) is 2.83. The summed E-state index contributed by atoms with van der Waals surface area (Å²) in [6.45, 7) is 0. The summed E-state index contributed by atoms with van der Waals surface area (Å²) in [5, 5.41) is 10.9. The Morgan fingerprint density at radius 2 is 1.61 bits per heavy atom. The van der Waals surface area contributed by atoms with Crippen LogP contribution in [0.1, 0.15) is 14.8 Å². The molecule has 18 heavy (non-hydrogen) atoms. The van der Waals surface area contributed by atoms with E-state index in [0.717, 1.165) is 9.65 Å². The first-order chi connectivity index (χ1) is 8.77. The van der Waals surface area contributed by atoms with Gasteiger partial charge in [0, 0.05) is 0 Å². The molecule has 0 radical (unpaired) electrons. The zero-order chi connectivity index (χ0) is 12.5. The van der Waals surface area contributed by atoms with Crippen molar-refractivity contribution in [3.05, 3.63) is 64.6 Å². The maximum absolute atomic E-state index is 12.3. The van der Waals surface area contributed by atoms with E-state index >= 15 is 0 Å². The van der Waals surface area contributed by atoms with Gasteiger partial charge in [-0.2, -0.15) is 0 Å². The summed E-state index contributed by atoms with van der Waals surface area (Å²) in [7, 11) is 0. The summed E-state index contributed by atoms with van der Waals surface area (Å²) in [5.74, 6) is 0.0868. The molecule has 2 nitrogen and oxygen atoms in total. The number of benzene rings is 2. The van der Waals surface area contributed by atoms with Crippen LogP contribution in [0, 0.1) is 0 Å². The molecule has 1 aromatic heterocycles. The molecule has 0 saturated heterocycles. The van der Waals surface area contributed by atoms with Crippen LogP contribution >= 0.6 is 0 Å². The van der Waals surface area contributed by atoms with Crippen molar-refractivity contribution in [3.63, 3.8) is 0 Å². The first-order valence-electron chi connectivity index (χ1n) is 5.57. The van der Waals surface area contributed by atoms with Crippen LogP contribution in [0.25, 0.3) is 9.65 Å². The van der Waals surface area contributed by atoms with Gasteiger partial charge < -0.3 is 0 Å². The Kier molecular flexibility index (Phi) is 2.78. The Labute approximate surface area is 110 Å². The summed E-state index contributed by atoms with van der Waals surface area (Å²) in [5.41, 5.74) is 0.633. The number of hydrogen-bond donors (Lipinski definition) is 1. The van der Waals surface area contributed by atoms with Crippen LogP contribution < -0.4 is 0 Å². The average Bonchev–Trinajstić information content (AvgIpc) is 2.77. The fourth-order valence-corrected chi connectivity index (χ4v) is 4.13. The Morgan fingerprint density at radius 3 is 2.33 bits per heavy atom. The average molecular weight is 301 g/mol. The molecule has 0 aliphatic rings. The number of carbonyl (C=O) groups is 1. The molecular formula is C15H10O2Se. The van der Waals surface area contributed by atoms with Gasteiger partial charge in [-0.15, -0.1) is 0 Å². The number of carbonyl (C=O) groups excluding carboxylic acids is 1. The third-order valence-corrected chi connectivity index (χ3v) is 5.24. The summed E-state index contributed by atoms with van der Waals surface area (Å²) in [6.07, 6.45) is 0. The molecule has 1 N–H and O–H groups in total. The van der Waals surface area contributed by atoms with E-state index in [2.05, 4.69) is 0 Å². The first-order valence-corrected chi connectivity index (χ1v) is 7.29. The monoisotopic (exact) mass is 302 g/mol. The van der Waals surface area contributed by atoms with Crippen LogP contribution in [0.2, 0.25) is 0 Å². The molecule has 0 atom stereocenters. The second-order valence-electron chi connectivity index (χ2n) is 3.97. The molecular weight excluding hydrogens is 291 g/mol. The summed E-state index contributed by atoms with van der Waals surface area (Å²) in [6, 6.07) is 16.7. The van der Waals surface area contributed by atoms with Gasteiger partial charge in [-0.1, -0.05) is 0 Å². The number of ketones is 1. The molecule has 88 valence electrons. The number of hydrogen-bond acceptors (Lipinski definition) is 2. The van der Waals surface area contributed by atoms with Crippen LogP contribution in [0.4, 0.5) is 0 Å². The van der Waals surface area contributed by atoms with Crippen molar-refractivity contribution < 1.29 is 9.90 Å². The van der Waals surface area contributed by atoms with E-state index in [9.17, 15) is 9.90 Å². The maximum atomic E-state index is 12.3. The van der Waals surface area contributed by atoms with Crippen molar-refractivity contribution in [2.45, 2.75) is 0 Å². The fraction of sp³-hybridized carbons (Fsp3) is 0. The van der Waals surface area contributed by atoms with Crippen molar-refractivity contribution in [1.29, 1.82) is 0 Å². The fourth-order valence-electron chi connectivity index (χ4n) is 1.91. The van der Waals surface area contributed by atoms with E-state index in [1.165, 1.54) is 0 Å². The first kappa shape index (κ1) is 11.3. The molecule has 0 bridgehead atoms. The number of fused-ring (bicyclic) bond motifs is 1. The summed E-state index contributed by atoms with van der Waals surface area (Å²) < 4.78 is 1.62. The molecule has 3 rings (SSSR count). The molecule has 2 aromatic carbocycles. The molecule has 3 aromatic rings. The van der Waals surface area contributed by atoms with Crippen molar-refractivity contribution in [2.24, 2.45) is 0 Å². The van der Waals surface area contributed by atoms with Crippen LogP contribution in [-0.2, 0) is 0 Å². The van der Waals surface area contributed by atoms with Gasteiger partial charge in [0.25, 0.3) is 0 Å². The Hall–Kier alpha value is -1.83. The normalized spacial score (nSPS) is 10.7. The Bertz CT molecular complexity index is 714. The van der Waals surface area contributed by atoms with Gasteiger partial charge in [-0.3, -0.25) is 0 Å². The molecule has 0 saturated carbocycles. The zero-order valence-electron chi connectivity index (χ0n) is 9.46. The van der Waals surface area contributed by atoms with E-state index < -0.39 is 0 Å². The van der Waals surface area contributed by atoms with E-state index in [-0.39, 0.29) is 26.0 Å². The minimum atomic E-state index is -0.104. The van der Waals surface area contributed by atoms with Gasteiger partial charge in [-0.05, 0) is 0 Å². The van der Waals surface area contributed by atoms with Crippen molar-refractivity contribution >= 4 is 29.9 Å². The summed E-state index contributed by atoms with van der Waals surface area (Å²) in [4.78, 5) is 12.3. The van der Waals surface area contributed by atoms with Crippen LogP contribution in [0.3, 0.4) is 0 Å². The molecule has 0 aliphatic heterocycles. The molecule has 0 amide bonds. The van der Waals surface area contributed by atoms with Crippen molar-refractivity contribution in [2.75, 3.05) is 0 Å². The third kappa shape index (κ3) is 1.78. The van der Waals surface area contributed by atoms with E-state index in [4.69, 9.17) is 0 Å². The Morgan fingerprint density at radius 1 is 0.944 bits per heavy atom. The van der Waals surface area contributed by atoms with Gasteiger partial charge in [0.2, 0.25) is 0 Å². The van der Waals surface area contributed by atoms with E-state index in [1.807, 2.05) is 42.5 Å². The van der Waals surface area contributed by atoms with Crippen LogP contribution in [-0.4, -0.2) is 25.4 Å². The Balaban J connectivity index is 2.15. The topological polar surface area (TPSA) is 37.3 Å². The quantitative estimate of drug-likeness (QED) is 0.584. The molecule has 3 heteroatoms. The zero-order valence-corrected chi connectivity index (χ0v) is 11.2. The summed E-state index contributed by atoms with van der Waals surface area (Å²) >= 11 is -0.104. The predicted molar refractivity (Wildman–Crippen MR) is 72.4 cm³/mol. The van der Waals surface area contributed by atoms with E-state index in [0.29, 0.717) is 10.0 Å². The third-order valence-electron chi connectivity index (χ3n) is 2.81. The van der Waals surface area contributed by atoms with Crippen LogP contribution in [0.5, 0.6) is 5.75 Å². The molecule has 0 spiro atoms. The number of aromatic hydroxyl groups is 1. The standard InChI is InChI=1S/C15H10O2Se/c16-13(10-6-2-1-3-7-10)15-14(17)11-8-4-5-9-12(11)18-15/h1-9,17H. The second kappa shape index (κ2) is 4.45. The van der Waals surface area contributed by atoms with Crippen LogP contribution in [0.15, 0.2) is 54.6 Å².